The van der Waals surface area contributed by atoms with E-state index >= 15 is 0 Å². The Morgan fingerprint density at radius 1 is 1.04 bits per heavy atom. The third-order valence-electron chi connectivity index (χ3n) is 3.44. The Morgan fingerprint density at radius 3 is 2.57 bits per heavy atom. The fourth-order valence-corrected chi connectivity index (χ4v) is 2.30. The second kappa shape index (κ2) is 6.75. The maximum absolute atomic E-state index is 11.5. The molecule has 23 heavy (non-hydrogen) atoms. The lowest BCUT2D eigenvalue weighted by Gasteiger charge is -2.10. The van der Waals surface area contributed by atoms with Gasteiger partial charge in [0.15, 0.2) is 0 Å². The van der Waals surface area contributed by atoms with E-state index in [0.717, 1.165) is 11.1 Å². The lowest BCUT2D eigenvalue weighted by atomic mass is 10.0. The van der Waals surface area contributed by atoms with E-state index in [-0.39, 0.29) is 5.56 Å². The van der Waals surface area contributed by atoms with Gasteiger partial charge in [0.05, 0.1) is 5.56 Å². The molecular weight excluding hydrogens is 290 g/mol. The van der Waals surface area contributed by atoms with E-state index in [2.05, 4.69) is 4.98 Å². The Morgan fingerprint density at radius 2 is 1.87 bits per heavy atom. The monoisotopic (exact) mass is 305 g/mol. The first kappa shape index (κ1) is 14.8. The van der Waals surface area contributed by atoms with E-state index in [1.54, 1.807) is 36.7 Å². The Bertz CT molecular complexity index is 801. The summed E-state index contributed by atoms with van der Waals surface area (Å²) in [5.41, 5.74) is 2.61. The molecule has 0 atom stereocenters. The van der Waals surface area contributed by atoms with Crippen LogP contribution in [0.4, 0.5) is 0 Å². The molecule has 0 aliphatic carbocycles. The number of benzene rings is 2. The number of nitrogens with zero attached hydrogens (tertiary/aromatic N) is 1. The Hall–Kier alpha value is -3.14. The van der Waals surface area contributed by atoms with E-state index in [9.17, 15) is 9.90 Å². The molecule has 0 amide bonds. The zero-order chi connectivity index (χ0) is 16.1. The summed E-state index contributed by atoms with van der Waals surface area (Å²) >= 11 is 0. The van der Waals surface area contributed by atoms with Gasteiger partial charge in [-0.1, -0.05) is 36.4 Å². The molecule has 3 rings (SSSR count). The molecule has 1 heterocycles. The van der Waals surface area contributed by atoms with Crippen LogP contribution in [0.25, 0.3) is 11.1 Å². The smallest absolute Gasteiger partial charge is 0.336 e. The van der Waals surface area contributed by atoms with Gasteiger partial charge in [0, 0.05) is 18.0 Å². The third kappa shape index (κ3) is 3.55. The molecule has 1 aromatic heterocycles. The number of carbonyl (C=O) groups is 1. The standard InChI is InChI=1S/C19H15NO3/c21-19(22)18-11-16(23-13-14-5-2-1-3-6-14)8-9-17(18)15-7-4-10-20-12-15/h1-12H,13H2,(H,21,22). The van der Waals surface area contributed by atoms with Crippen LogP contribution in [-0.2, 0) is 6.61 Å². The molecule has 4 heteroatoms. The topological polar surface area (TPSA) is 59.4 Å². The zero-order valence-corrected chi connectivity index (χ0v) is 12.3. The molecule has 1 N–H and O–H groups in total. The van der Waals surface area contributed by atoms with Crippen LogP contribution in [0.1, 0.15) is 15.9 Å². The number of hydrogen-bond donors (Lipinski definition) is 1. The van der Waals surface area contributed by atoms with Crippen molar-refractivity contribution in [1.82, 2.24) is 4.98 Å². The minimum atomic E-state index is -0.992. The number of carboxylic acid groups (broad SMARTS) is 1. The highest BCUT2D eigenvalue weighted by molar-refractivity contribution is 5.96. The Balaban J connectivity index is 1.86. The molecule has 0 aliphatic heterocycles. The summed E-state index contributed by atoms with van der Waals surface area (Å²) in [7, 11) is 0. The molecule has 0 unspecified atom stereocenters. The second-order valence-corrected chi connectivity index (χ2v) is 5.03. The first-order valence-corrected chi connectivity index (χ1v) is 7.18. The average molecular weight is 305 g/mol. The molecule has 4 nitrogen and oxygen atoms in total. The van der Waals surface area contributed by atoms with E-state index in [1.165, 1.54) is 0 Å². The lowest BCUT2D eigenvalue weighted by Crippen LogP contribution is -2.02. The first-order chi connectivity index (χ1) is 11.2. The third-order valence-corrected chi connectivity index (χ3v) is 3.44. The van der Waals surface area contributed by atoms with Gasteiger partial charge in [-0.3, -0.25) is 4.98 Å². The van der Waals surface area contributed by atoms with Crippen molar-refractivity contribution in [2.45, 2.75) is 6.61 Å². The van der Waals surface area contributed by atoms with Gasteiger partial charge in [-0.05, 0) is 35.4 Å². The Kier molecular flexibility index (Phi) is 4.34. The summed E-state index contributed by atoms with van der Waals surface area (Å²) in [4.78, 5) is 15.6. The van der Waals surface area contributed by atoms with Crippen LogP contribution in [0.2, 0.25) is 0 Å². The zero-order valence-electron chi connectivity index (χ0n) is 12.3. The molecule has 114 valence electrons. The minimum absolute atomic E-state index is 0.198. The molecule has 3 aromatic rings. The Labute approximate surface area is 134 Å². The van der Waals surface area contributed by atoms with Gasteiger partial charge in [-0.25, -0.2) is 4.79 Å². The number of rotatable bonds is 5. The average Bonchev–Trinajstić information content (AvgIpc) is 2.61. The summed E-state index contributed by atoms with van der Waals surface area (Å²) in [6.45, 7) is 0.395. The quantitative estimate of drug-likeness (QED) is 0.773. The van der Waals surface area contributed by atoms with Crippen molar-refractivity contribution in [1.29, 1.82) is 0 Å². The maximum atomic E-state index is 11.5. The molecule has 0 bridgehead atoms. The van der Waals surface area contributed by atoms with Crippen LogP contribution >= 0.6 is 0 Å². The molecular formula is C19H15NO3. The number of carboxylic acids is 1. The highest BCUT2D eigenvalue weighted by atomic mass is 16.5. The van der Waals surface area contributed by atoms with E-state index in [1.807, 2.05) is 36.4 Å². The lowest BCUT2D eigenvalue weighted by molar-refractivity contribution is 0.0697. The van der Waals surface area contributed by atoms with Gasteiger partial charge in [-0.2, -0.15) is 0 Å². The number of pyridine rings is 1. The number of aromatic nitrogens is 1. The molecule has 0 aliphatic rings. The van der Waals surface area contributed by atoms with Crippen molar-refractivity contribution >= 4 is 5.97 Å². The predicted octanol–water partition coefficient (Wildman–Crippen LogP) is 4.03. The number of ether oxygens (including phenoxy) is 1. The summed E-state index contributed by atoms with van der Waals surface area (Å²) < 4.78 is 5.69. The van der Waals surface area contributed by atoms with Crippen LogP contribution in [0.5, 0.6) is 5.75 Å². The molecule has 0 saturated carbocycles. The second-order valence-electron chi connectivity index (χ2n) is 5.03. The van der Waals surface area contributed by atoms with Crippen molar-refractivity contribution < 1.29 is 14.6 Å². The normalized spacial score (nSPS) is 10.3. The highest BCUT2D eigenvalue weighted by Gasteiger charge is 2.13. The van der Waals surface area contributed by atoms with E-state index in [0.29, 0.717) is 17.9 Å². The molecule has 0 fully saturated rings. The predicted molar refractivity (Wildman–Crippen MR) is 87.4 cm³/mol. The highest BCUT2D eigenvalue weighted by Crippen LogP contribution is 2.27. The summed E-state index contributed by atoms with van der Waals surface area (Å²) in [6.07, 6.45) is 3.30. The largest absolute Gasteiger partial charge is 0.489 e. The van der Waals surface area contributed by atoms with Crippen LogP contribution in [0, 0.1) is 0 Å². The van der Waals surface area contributed by atoms with Crippen molar-refractivity contribution in [3.63, 3.8) is 0 Å². The molecule has 0 saturated heterocycles. The first-order valence-electron chi connectivity index (χ1n) is 7.18. The fraction of sp³-hybridized carbons (Fsp3) is 0.0526. The summed E-state index contributed by atoms with van der Waals surface area (Å²) in [5.74, 6) is -0.465. The van der Waals surface area contributed by atoms with Gasteiger partial charge in [0.1, 0.15) is 12.4 Å². The number of hydrogen-bond acceptors (Lipinski definition) is 3. The molecule has 0 radical (unpaired) electrons. The molecule has 2 aromatic carbocycles. The van der Waals surface area contributed by atoms with Crippen LogP contribution in [0.3, 0.4) is 0 Å². The maximum Gasteiger partial charge on any atom is 0.336 e. The van der Waals surface area contributed by atoms with Crippen LogP contribution in [0.15, 0.2) is 73.1 Å². The summed E-state index contributed by atoms with van der Waals surface area (Å²) in [5, 5.41) is 9.46. The van der Waals surface area contributed by atoms with E-state index in [4.69, 9.17) is 4.74 Å². The number of aromatic carboxylic acids is 1. The minimum Gasteiger partial charge on any atom is -0.489 e. The van der Waals surface area contributed by atoms with Crippen molar-refractivity contribution in [2.24, 2.45) is 0 Å². The van der Waals surface area contributed by atoms with Crippen LogP contribution in [-0.4, -0.2) is 16.1 Å². The summed E-state index contributed by atoms with van der Waals surface area (Å²) in [6, 6.07) is 18.4. The van der Waals surface area contributed by atoms with Crippen LogP contribution < -0.4 is 4.74 Å². The molecule has 0 spiro atoms. The van der Waals surface area contributed by atoms with Gasteiger partial charge in [0.25, 0.3) is 0 Å². The van der Waals surface area contributed by atoms with Crippen molar-refractivity contribution in [3.05, 3.63) is 84.2 Å². The van der Waals surface area contributed by atoms with Gasteiger partial charge in [-0.15, -0.1) is 0 Å². The van der Waals surface area contributed by atoms with Crippen molar-refractivity contribution in [2.75, 3.05) is 0 Å². The van der Waals surface area contributed by atoms with Crippen molar-refractivity contribution in [3.8, 4) is 16.9 Å². The van der Waals surface area contributed by atoms with Gasteiger partial charge < -0.3 is 9.84 Å². The van der Waals surface area contributed by atoms with E-state index < -0.39 is 5.97 Å². The SMILES string of the molecule is O=C(O)c1cc(OCc2ccccc2)ccc1-c1cccnc1. The van der Waals surface area contributed by atoms with Gasteiger partial charge in [0.2, 0.25) is 0 Å². The fourth-order valence-electron chi connectivity index (χ4n) is 2.30. The van der Waals surface area contributed by atoms with Gasteiger partial charge >= 0.3 is 5.97 Å².